The second kappa shape index (κ2) is 3.78. The number of hydrogen-bond acceptors (Lipinski definition) is 5. The molecular formula is C12H14N3O3+. The predicted molar refractivity (Wildman–Crippen MR) is 63.1 cm³/mol. The highest BCUT2D eigenvalue weighted by molar-refractivity contribution is 5.92. The summed E-state index contributed by atoms with van der Waals surface area (Å²) >= 11 is 0. The van der Waals surface area contributed by atoms with Crippen LogP contribution in [0, 0.1) is 11.3 Å². The van der Waals surface area contributed by atoms with E-state index in [2.05, 4.69) is 0 Å². The van der Waals surface area contributed by atoms with E-state index in [1.54, 1.807) is 18.2 Å². The van der Waals surface area contributed by atoms with Crippen molar-refractivity contribution in [1.82, 2.24) is 9.76 Å². The van der Waals surface area contributed by atoms with E-state index in [1.807, 2.05) is 6.07 Å². The van der Waals surface area contributed by atoms with Crippen LogP contribution in [-0.2, 0) is 4.79 Å². The number of phenolic OH excluding ortho intramolecular Hbond substituents is 1. The minimum atomic E-state index is -1.30. The Morgan fingerprint density at radius 3 is 2.61 bits per heavy atom. The number of nitrogens with zero attached hydrogens (tertiary/aromatic N) is 3. The van der Waals surface area contributed by atoms with Crippen LogP contribution in [0.2, 0.25) is 0 Å². The van der Waals surface area contributed by atoms with E-state index in [4.69, 9.17) is 5.26 Å². The highest BCUT2D eigenvalue weighted by Crippen LogP contribution is 2.41. The third-order valence-electron chi connectivity index (χ3n) is 3.39. The third kappa shape index (κ3) is 1.42. The summed E-state index contributed by atoms with van der Waals surface area (Å²) < 4.78 is -0.628. The van der Waals surface area contributed by atoms with Crippen molar-refractivity contribution in [3.63, 3.8) is 0 Å². The van der Waals surface area contributed by atoms with Crippen molar-refractivity contribution < 1.29 is 15.1 Å². The lowest BCUT2D eigenvalue weighted by atomic mass is 10.0. The van der Waals surface area contributed by atoms with Crippen LogP contribution in [0.3, 0.4) is 0 Å². The molecule has 0 spiro atoms. The summed E-state index contributed by atoms with van der Waals surface area (Å²) in [6.45, 7) is 1.48. The fraction of sp³-hybridized carbons (Fsp3) is 0.333. The van der Waals surface area contributed by atoms with Crippen molar-refractivity contribution in [3.05, 3.63) is 24.3 Å². The molecule has 0 saturated carbocycles. The van der Waals surface area contributed by atoms with Gasteiger partial charge >= 0.3 is 5.91 Å². The summed E-state index contributed by atoms with van der Waals surface area (Å²) in [6, 6.07) is 8.17. The molecule has 1 amide bonds. The van der Waals surface area contributed by atoms with Crippen LogP contribution in [0.1, 0.15) is 13.3 Å². The zero-order valence-corrected chi connectivity index (χ0v) is 10.2. The summed E-state index contributed by atoms with van der Waals surface area (Å²) in [5.74, 6) is -0.461. The number of aromatic hydroxyl groups is 1. The topological polar surface area (TPSA) is 84.6 Å². The first kappa shape index (κ1) is 12.5. The molecular weight excluding hydrogens is 234 g/mol. The molecule has 18 heavy (non-hydrogen) atoms. The van der Waals surface area contributed by atoms with E-state index in [1.165, 1.54) is 20.0 Å². The predicted octanol–water partition coefficient (Wildman–Crippen LogP) is 1.15. The SMILES string of the molecule is CC1(C#N)CC(=O)[N+](C)(c2ccccc2O)N1O. The Labute approximate surface area is 104 Å². The number of hydrogen-bond donors (Lipinski definition) is 2. The fourth-order valence-electron chi connectivity index (χ4n) is 2.22. The van der Waals surface area contributed by atoms with Gasteiger partial charge in [0.1, 0.15) is 13.5 Å². The number of phenols is 1. The van der Waals surface area contributed by atoms with Crippen molar-refractivity contribution in [3.8, 4) is 11.8 Å². The molecule has 2 N–H and O–H groups in total. The van der Waals surface area contributed by atoms with Gasteiger partial charge in [-0.1, -0.05) is 12.1 Å². The minimum absolute atomic E-state index is 0.102. The molecule has 0 aliphatic carbocycles. The maximum absolute atomic E-state index is 12.1. The van der Waals surface area contributed by atoms with Crippen LogP contribution in [-0.4, -0.2) is 34.0 Å². The van der Waals surface area contributed by atoms with Crippen LogP contribution in [0.4, 0.5) is 5.69 Å². The van der Waals surface area contributed by atoms with Crippen molar-refractivity contribution in [2.24, 2.45) is 0 Å². The molecule has 6 heteroatoms. The Hall–Kier alpha value is -1.94. The second-order valence-corrected chi connectivity index (χ2v) is 4.69. The molecule has 1 saturated heterocycles. The van der Waals surface area contributed by atoms with Gasteiger partial charge in [0.05, 0.1) is 6.07 Å². The summed E-state index contributed by atoms with van der Waals surface area (Å²) in [5.41, 5.74) is -1.06. The largest absolute Gasteiger partial charge is 0.503 e. The Bertz CT molecular complexity index is 554. The monoisotopic (exact) mass is 248 g/mol. The highest BCUT2D eigenvalue weighted by atomic mass is 16.6. The van der Waals surface area contributed by atoms with Gasteiger partial charge in [0.25, 0.3) is 0 Å². The number of carbonyl (C=O) groups excluding carboxylic acids is 1. The molecule has 1 aromatic carbocycles. The maximum Gasteiger partial charge on any atom is 0.343 e. The fourth-order valence-corrected chi connectivity index (χ4v) is 2.22. The van der Waals surface area contributed by atoms with Gasteiger partial charge in [-0.3, -0.25) is 5.21 Å². The third-order valence-corrected chi connectivity index (χ3v) is 3.39. The number of para-hydroxylation sites is 2. The van der Waals surface area contributed by atoms with Crippen molar-refractivity contribution in [2.75, 3.05) is 7.05 Å². The quantitative estimate of drug-likeness (QED) is 0.728. The Morgan fingerprint density at radius 1 is 1.50 bits per heavy atom. The zero-order valence-electron chi connectivity index (χ0n) is 10.2. The Balaban J connectivity index is 2.60. The zero-order chi connectivity index (χ0) is 13.6. The first-order chi connectivity index (χ1) is 8.36. The molecule has 0 aromatic heterocycles. The van der Waals surface area contributed by atoms with Gasteiger partial charge in [-0.2, -0.15) is 5.26 Å². The molecule has 0 radical (unpaired) electrons. The lowest BCUT2D eigenvalue weighted by Crippen LogP contribution is -2.59. The van der Waals surface area contributed by atoms with Crippen molar-refractivity contribution in [2.45, 2.75) is 18.9 Å². The average molecular weight is 248 g/mol. The molecule has 1 aliphatic heterocycles. The van der Waals surface area contributed by atoms with Crippen molar-refractivity contribution in [1.29, 1.82) is 5.26 Å². The number of carbonyl (C=O) groups is 1. The van der Waals surface area contributed by atoms with Crippen LogP contribution in [0.5, 0.6) is 5.75 Å². The molecule has 2 atom stereocenters. The van der Waals surface area contributed by atoms with E-state index in [0.717, 1.165) is 0 Å². The standard InChI is InChI=1S/C12H13N3O3/c1-12(8-13)7-11(17)15(2,14(12)18)9-5-3-4-6-10(9)16/h3-6,18H,7H2,1-2H3/p+1. The normalized spacial score (nSPS) is 32.4. The van der Waals surface area contributed by atoms with Crippen LogP contribution in [0.15, 0.2) is 24.3 Å². The second-order valence-electron chi connectivity index (χ2n) is 4.69. The molecule has 1 heterocycles. The molecule has 1 fully saturated rings. The van der Waals surface area contributed by atoms with Gasteiger partial charge in [0.15, 0.2) is 11.3 Å². The molecule has 1 aromatic rings. The number of benzene rings is 1. The first-order valence-corrected chi connectivity index (χ1v) is 5.45. The number of rotatable bonds is 1. The van der Waals surface area contributed by atoms with E-state index in [9.17, 15) is 15.1 Å². The Kier molecular flexibility index (Phi) is 2.63. The summed E-state index contributed by atoms with van der Waals surface area (Å²) in [5, 5.41) is 29.8. The summed E-state index contributed by atoms with van der Waals surface area (Å²) in [6.07, 6.45) is -0.106. The number of quaternary nitrogens is 1. The van der Waals surface area contributed by atoms with Gasteiger partial charge in [-0.05, 0) is 13.0 Å². The van der Waals surface area contributed by atoms with Crippen LogP contribution in [0.25, 0.3) is 0 Å². The molecule has 1 aliphatic rings. The van der Waals surface area contributed by atoms with Gasteiger partial charge in [-0.25, -0.2) is 4.79 Å². The Morgan fingerprint density at radius 2 is 2.11 bits per heavy atom. The van der Waals surface area contributed by atoms with Gasteiger partial charge in [-0.15, -0.1) is 4.59 Å². The van der Waals surface area contributed by atoms with Crippen molar-refractivity contribution >= 4 is 11.6 Å². The lowest BCUT2D eigenvalue weighted by Gasteiger charge is -2.33. The minimum Gasteiger partial charge on any atom is -0.503 e. The van der Waals surface area contributed by atoms with E-state index in [-0.39, 0.29) is 23.8 Å². The summed E-state index contributed by atoms with van der Waals surface area (Å²) in [4.78, 5) is 12.1. The van der Waals surface area contributed by atoms with Gasteiger partial charge in [0.2, 0.25) is 5.69 Å². The smallest absolute Gasteiger partial charge is 0.343 e. The molecule has 0 bridgehead atoms. The highest BCUT2D eigenvalue weighted by Gasteiger charge is 2.61. The summed E-state index contributed by atoms with van der Waals surface area (Å²) in [7, 11) is 1.44. The van der Waals surface area contributed by atoms with E-state index in [0.29, 0.717) is 5.17 Å². The maximum atomic E-state index is 12.1. The lowest BCUT2D eigenvalue weighted by molar-refractivity contribution is -0.236. The van der Waals surface area contributed by atoms with Gasteiger partial charge < -0.3 is 5.11 Å². The average Bonchev–Trinajstić information content (AvgIpc) is 2.53. The molecule has 2 unspecified atom stereocenters. The molecule has 94 valence electrons. The number of hydroxylamine groups is 1. The van der Waals surface area contributed by atoms with Crippen LogP contribution >= 0.6 is 0 Å². The van der Waals surface area contributed by atoms with Crippen LogP contribution < -0.4 is 4.59 Å². The van der Waals surface area contributed by atoms with E-state index >= 15 is 0 Å². The number of amides is 1. The van der Waals surface area contributed by atoms with E-state index < -0.39 is 10.1 Å². The van der Waals surface area contributed by atoms with Gasteiger partial charge in [0, 0.05) is 11.2 Å². The first-order valence-electron chi connectivity index (χ1n) is 5.45. The number of nitriles is 1. The molecule has 6 nitrogen and oxygen atoms in total. The molecule has 2 rings (SSSR count).